The van der Waals surface area contributed by atoms with Gasteiger partial charge in [-0.25, -0.2) is 14.5 Å². The van der Waals surface area contributed by atoms with Gasteiger partial charge in [0.05, 0.1) is 47.5 Å². The van der Waals surface area contributed by atoms with Gasteiger partial charge < -0.3 is 14.4 Å². The number of esters is 1. The number of hydrogen-bond acceptors (Lipinski definition) is 6. The standard InChI is InChI=1S/C26H26Cl2N4O3/c1-34-25(33)22-8-7-18(12-29-22)31-14-16-9-10-26(31,11-16)35-15-23-19(17-5-6-17)13-30-32(23)24-20(27)3-2-4-21(24)28/h2-4,7-8,12-13,16-17H,5-6,9-11,14-15H2,1H3/t16-,26-/m0/s1. The summed E-state index contributed by atoms with van der Waals surface area (Å²) in [7, 11) is 1.36. The third-order valence-corrected chi connectivity index (χ3v) is 8.09. The van der Waals surface area contributed by atoms with Gasteiger partial charge in [-0.05, 0) is 73.8 Å². The van der Waals surface area contributed by atoms with E-state index in [-0.39, 0.29) is 0 Å². The molecule has 2 aliphatic carbocycles. The van der Waals surface area contributed by atoms with E-state index in [2.05, 4.69) is 15.0 Å². The Morgan fingerprint density at radius 1 is 1.14 bits per heavy atom. The third kappa shape index (κ3) is 3.99. The summed E-state index contributed by atoms with van der Waals surface area (Å²) in [4.78, 5) is 18.4. The summed E-state index contributed by atoms with van der Waals surface area (Å²) < 4.78 is 13.5. The van der Waals surface area contributed by atoms with Crippen LogP contribution in [0.3, 0.4) is 0 Å². The lowest BCUT2D eigenvalue weighted by molar-refractivity contribution is -0.0471. The molecule has 2 bridgehead atoms. The van der Waals surface area contributed by atoms with Crippen molar-refractivity contribution in [3.8, 4) is 5.69 Å². The minimum atomic E-state index is -0.440. The van der Waals surface area contributed by atoms with Crippen LogP contribution in [0.4, 0.5) is 5.69 Å². The third-order valence-electron chi connectivity index (χ3n) is 7.48. The summed E-state index contributed by atoms with van der Waals surface area (Å²) in [6, 6.07) is 9.13. The zero-order valence-electron chi connectivity index (χ0n) is 19.4. The van der Waals surface area contributed by atoms with Crippen LogP contribution in [-0.2, 0) is 16.1 Å². The van der Waals surface area contributed by atoms with Crippen LogP contribution in [0.15, 0.2) is 42.7 Å². The van der Waals surface area contributed by atoms with Crippen molar-refractivity contribution in [3.63, 3.8) is 0 Å². The molecule has 3 heterocycles. The minimum absolute atomic E-state index is 0.296. The van der Waals surface area contributed by atoms with Crippen LogP contribution < -0.4 is 4.90 Å². The minimum Gasteiger partial charge on any atom is -0.464 e. The number of rotatable bonds is 7. The first-order valence-electron chi connectivity index (χ1n) is 12.0. The number of para-hydroxylation sites is 1. The molecular weight excluding hydrogens is 487 g/mol. The van der Waals surface area contributed by atoms with Gasteiger partial charge in [0.1, 0.15) is 17.1 Å². The summed E-state index contributed by atoms with van der Waals surface area (Å²) >= 11 is 13.1. The fourth-order valence-electron chi connectivity index (χ4n) is 5.58. The van der Waals surface area contributed by atoms with Crippen molar-refractivity contribution in [2.24, 2.45) is 5.92 Å². The van der Waals surface area contributed by atoms with Gasteiger partial charge in [0.25, 0.3) is 0 Å². The molecule has 2 saturated carbocycles. The summed E-state index contributed by atoms with van der Waals surface area (Å²) in [5.74, 6) is 0.637. The number of anilines is 1. The molecule has 1 aliphatic heterocycles. The molecule has 0 unspecified atom stereocenters. The lowest BCUT2D eigenvalue weighted by Gasteiger charge is -2.40. The van der Waals surface area contributed by atoms with Gasteiger partial charge in [-0.3, -0.25) is 0 Å². The predicted octanol–water partition coefficient (Wildman–Crippen LogP) is 5.77. The van der Waals surface area contributed by atoms with Gasteiger partial charge in [-0.2, -0.15) is 5.10 Å². The van der Waals surface area contributed by atoms with Crippen LogP contribution in [0.25, 0.3) is 5.69 Å². The molecule has 2 atom stereocenters. The van der Waals surface area contributed by atoms with Crippen molar-refractivity contribution in [1.82, 2.24) is 14.8 Å². The van der Waals surface area contributed by atoms with Crippen LogP contribution in [0.5, 0.6) is 0 Å². The Balaban J connectivity index is 1.31. The van der Waals surface area contributed by atoms with Crippen molar-refractivity contribution in [2.75, 3.05) is 18.6 Å². The molecule has 6 rings (SSSR count). The van der Waals surface area contributed by atoms with Crippen LogP contribution in [-0.4, -0.2) is 40.1 Å². The lowest BCUT2D eigenvalue weighted by Crippen LogP contribution is -2.47. The molecule has 0 radical (unpaired) electrons. The fraction of sp³-hybridized carbons (Fsp3) is 0.423. The largest absolute Gasteiger partial charge is 0.464 e. The second-order valence-corrected chi connectivity index (χ2v) is 10.5. The number of fused-ring (bicyclic) bond motifs is 2. The molecule has 0 spiro atoms. The van der Waals surface area contributed by atoms with Gasteiger partial charge in [0, 0.05) is 6.54 Å². The highest BCUT2D eigenvalue weighted by Gasteiger charge is 2.52. The van der Waals surface area contributed by atoms with Crippen molar-refractivity contribution >= 4 is 34.9 Å². The number of halogens is 2. The van der Waals surface area contributed by atoms with Crippen LogP contribution in [0.1, 0.15) is 59.8 Å². The Morgan fingerprint density at radius 3 is 2.60 bits per heavy atom. The summed E-state index contributed by atoms with van der Waals surface area (Å²) in [5.41, 5.74) is 3.73. The Kier molecular flexibility index (Phi) is 5.74. The van der Waals surface area contributed by atoms with Crippen LogP contribution in [0, 0.1) is 5.92 Å². The number of hydrogen-bond donors (Lipinski definition) is 0. The lowest BCUT2D eigenvalue weighted by atomic mass is 10.1. The van der Waals surface area contributed by atoms with E-state index in [4.69, 9.17) is 32.7 Å². The quantitative estimate of drug-likeness (QED) is 0.374. The average Bonchev–Trinajstić information content (AvgIpc) is 3.35. The number of methoxy groups -OCH3 is 1. The molecule has 0 N–H and O–H groups in total. The molecule has 3 aliphatic rings. The first-order valence-corrected chi connectivity index (χ1v) is 12.7. The first kappa shape index (κ1) is 22.8. The number of benzene rings is 1. The molecule has 7 nitrogen and oxygen atoms in total. The monoisotopic (exact) mass is 512 g/mol. The van der Waals surface area contributed by atoms with Gasteiger partial charge in [0.2, 0.25) is 0 Å². The van der Waals surface area contributed by atoms with Crippen LogP contribution >= 0.6 is 23.2 Å². The maximum atomic E-state index is 11.8. The number of nitrogens with zero attached hydrogens (tertiary/aromatic N) is 4. The molecular formula is C26H26Cl2N4O3. The highest BCUT2D eigenvalue weighted by atomic mass is 35.5. The SMILES string of the molecule is COC(=O)c1ccc(N2C[C@H]3CC[C@]2(OCc2c(C4CC4)cnn2-c2c(Cl)cccc2Cl)C3)cn1. The molecule has 9 heteroatoms. The number of aromatic nitrogens is 3. The molecule has 0 amide bonds. The van der Waals surface area contributed by atoms with E-state index in [1.807, 2.05) is 35.1 Å². The maximum Gasteiger partial charge on any atom is 0.356 e. The summed E-state index contributed by atoms with van der Waals surface area (Å²) in [6.07, 6.45) is 9.03. The van der Waals surface area contributed by atoms with E-state index in [1.54, 1.807) is 12.3 Å². The number of ether oxygens (including phenoxy) is 2. The van der Waals surface area contributed by atoms with Crippen molar-refractivity contribution in [2.45, 2.75) is 50.4 Å². The molecule has 3 fully saturated rings. The Hall–Kier alpha value is -2.61. The Morgan fingerprint density at radius 2 is 1.94 bits per heavy atom. The molecule has 182 valence electrons. The number of carbonyl (C=O) groups excluding carboxylic acids is 1. The number of piperidine rings is 1. The average molecular weight is 513 g/mol. The molecule has 35 heavy (non-hydrogen) atoms. The molecule has 2 aromatic heterocycles. The topological polar surface area (TPSA) is 69.5 Å². The highest BCUT2D eigenvalue weighted by Crippen LogP contribution is 2.50. The summed E-state index contributed by atoms with van der Waals surface area (Å²) in [5, 5.41) is 5.80. The normalized spacial score (nSPS) is 23.2. The molecule has 1 saturated heterocycles. The fourth-order valence-corrected chi connectivity index (χ4v) is 6.14. The van der Waals surface area contributed by atoms with E-state index in [1.165, 1.54) is 12.7 Å². The maximum absolute atomic E-state index is 11.8. The zero-order chi connectivity index (χ0) is 24.2. The van der Waals surface area contributed by atoms with E-state index in [9.17, 15) is 4.79 Å². The zero-order valence-corrected chi connectivity index (χ0v) is 20.9. The number of pyridine rings is 1. The van der Waals surface area contributed by atoms with Crippen molar-refractivity contribution in [1.29, 1.82) is 0 Å². The van der Waals surface area contributed by atoms with E-state index in [0.29, 0.717) is 39.9 Å². The van der Waals surface area contributed by atoms with E-state index >= 15 is 0 Å². The number of carbonyl (C=O) groups is 1. The van der Waals surface area contributed by atoms with Gasteiger partial charge in [-0.1, -0.05) is 29.3 Å². The highest BCUT2D eigenvalue weighted by molar-refractivity contribution is 6.37. The Labute approximate surface area is 213 Å². The summed E-state index contributed by atoms with van der Waals surface area (Å²) in [6.45, 7) is 1.31. The molecule has 1 aromatic carbocycles. The van der Waals surface area contributed by atoms with E-state index < -0.39 is 11.7 Å². The second-order valence-electron chi connectivity index (χ2n) is 9.65. The van der Waals surface area contributed by atoms with Crippen molar-refractivity contribution < 1.29 is 14.3 Å². The second kappa shape index (κ2) is 8.80. The van der Waals surface area contributed by atoms with Gasteiger partial charge >= 0.3 is 5.97 Å². The van der Waals surface area contributed by atoms with Gasteiger partial charge in [0.15, 0.2) is 0 Å². The first-order chi connectivity index (χ1) is 17.0. The van der Waals surface area contributed by atoms with Crippen LogP contribution in [0.2, 0.25) is 10.0 Å². The smallest absolute Gasteiger partial charge is 0.356 e. The van der Waals surface area contributed by atoms with Gasteiger partial charge in [-0.15, -0.1) is 0 Å². The Bertz CT molecular complexity index is 1250. The van der Waals surface area contributed by atoms with Crippen molar-refractivity contribution in [3.05, 3.63) is 69.7 Å². The molecule has 3 aromatic rings. The predicted molar refractivity (Wildman–Crippen MR) is 133 cm³/mol. The van der Waals surface area contributed by atoms with E-state index in [0.717, 1.165) is 50.0 Å².